The highest BCUT2D eigenvalue weighted by Crippen LogP contribution is 2.30. The van der Waals surface area contributed by atoms with Crippen LogP contribution in [0.25, 0.3) is 0 Å². The van der Waals surface area contributed by atoms with Crippen LogP contribution in [0.2, 0.25) is 5.02 Å². The molecule has 0 aliphatic heterocycles. The molecule has 10 heteroatoms. The Morgan fingerprint density at radius 1 is 0.870 bits per heavy atom. The second kappa shape index (κ2) is 14.8. The molecular weight excluding hydrogens is 686 g/mol. The minimum absolute atomic E-state index is 0.0372. The summed E-state index contributed by atoms with van der Waals surface area (Å²) < 4.78 is 30.5. The van der Waals surface area contributed by atoms with E-state index in [4.69, 9.17) is 11.6 Å². The molecule has 1 atom stereocenters. The number of aryl methyl sites for hydroxylation is 2. The number of benzene rings is 4. The Balaban J connectivity index is 1.85. The molecule has 1 N–H and O–H groups in total. The van der Waals surface area contributed by atoms with Crippen LogP contribution in [0.1, 0.15) is 43.0 Å². The van der Waals surface area contributed by atoms with Crippen LogP contribution in [-0.4, -0.2) is 43.3 Å². The number of hydrogen-bond donors (Lipinski definition) is 1. The molecule has 0 radical (unpaired) electrons. The van der Waals surface area contributed by atoms with E-state index >= 15 is 0 Å². The number of hydrogen-bond acceptors (Lipinski definition) is 4. The van der Waals surface area contributed by atoms with Crippen LogP contribution in [0.5, 0.6) is 0 Å². The summed E-state index contributed by atoms with van der Waals surface area (Å²) in [6.45, 7) is 8.78. The number of nitrogens with one attached hydrogen (secondary N) is 1. The normalized spacial score (nSPS) is 12.3. The highest BCUT2D eigenvalue weighted by Gasteiger charge is 2.36. The minimum Gasteiger partial charge on any atom is -0.350 e. The van der Waals surface area contributed by atoms with Gasteiger partial charge < -0.3 is 10.2 Å². The van der Waals surface area contributed by atoms with E-state index < -0.39 is 34.1 Å². The van der Waals surface area contributed by atoms with Crippen molar-refractivity contribution in [2.24, 2.45) is 0 Å². The molecule has 0 aliphatic rings. The molecule has 0 spiro atoms. The van der Waals surface area contributed by atoms with Crippen LogP contribution >= 0.6 is 27.5 Å². The lowest BCUT2D eigenvalue weighted by atomic mass is 10.0. The first kappa shape index (κ1) is 35.2. The van der Waals surface area contributed by atoms with Crippen molar-refractivity contribution in [1.29, 1.82) is 0 Å². The van der Waals surface area contributed by atoms with E-state index in [1.54, 1.807) is 37.3 Å². The van der Waals surface area contributed by atoms with E-state index in [9.17, 15) is 18.0 Å². The van der Waals surface area contributed by atoms with Gasteiger partial charge in [0.15, 0.2) is 0 Å². The largest absolute Gasteiger partial charge is 0.350 e. The highest BCUT2D eigenvalue weighted by atomic mass is 79.9. The smallest absolute Gasteiger partial charge is 0.264 e. The fourth-order valence-electron chi connectivity index (χ4n) is 5.04. The number of carbonyl (C=O) groups excluding carboxylic acids is 2. The van der Waals surface area contributed by atoms with Crippen molar-refractivity contribution in [2.45, 2.75) is 64.1 Å². The third-order valence-corrected chi connectivity index (χ3v) is 9.84. The predicted octanol–water partition coefficient (Wildman–Crippen LogP) is 7.47. The number of amides is 2. The van der Waals surface area contributed by atoms with Gasteiger partial charge in [-0.2, -0.15) is 0 Å². The van der Waals surface area contributed by atoms with E-state index in [0.29, 0.717) is 10.6 Å². The van der Waals surface area contributed by atoms with Gasteiger partial charge in [0, 0.05) is 28.0 Å². The molecule has 0 saturated carbocycles. The summed E-state index contributed by atoms with van der Waals surface area (Å²) in [5.41, 5.74) is 2.86. The predicted molar refractivity (Wildman–Crippen MR) is 188 cm³/mol. The molecule has 7 nitrogen and oxygen atoms in total. The Hall–Kier alpha value is -3.66. The Kier molecular flexibility index (Phi) is 11.4. The van der Waals surface area contributed by atoms with Crippen molar-refractivity contribution in [3.8, 4) is 0 Å². The molecule has 0 aliphatic carbocycles. The van der Waals surface area contributed by atoms with Gasteiger partial charge in [-0.05, 0) is 87.7 Å². The summed E-state index contributed by atoms with van der Waals surface area (Å²) in [5.74, 6) is -0.883. The summed E-state index contributed by atoms with van der Waals surface area (Å²) in [7, 11) is -4.23. The van der Waals surface area contributed by atoms with Crippen molar-refractivity contribution in [1.82, 2.24) is 10.2 Å². The Morgan fingerprint density at radius 2 is 1.52 bits per heavy atom. The van der Waals surface area contributed by atoms with Gasteiger partial charge in [-0.25, -0.2) is 8.42 Å². The summed E-state index contributed by atoms with van der Waals surface area (Å²) >= 11 is 9.88. The van der Waals surface area contributed by atoms with Gasteiger partial charge in [0.25, 0.3) is 10.0 Å². The summed E-state index contributed by atoms with van der Waals surface area (Å²) in [6.07, 6.45) is 0.226. The van der Waals surface area contributed by atoms with Crippen LogP contribution < -0.4 is 9.62 Å². The maximum Gasteiger partial charge on any atom is 0.264 e. The molecular formula is C36H39BrClN3O4S. The molecule has 2 amide bonds. The van der Waals surface area contributed by atoms with Gasteiger partial charge in [-0.3, -0.25) is 13.9 Å². The minimum atomic E-state index is -4.23. The van der Waals surface area contributed by atoms with Gasteiger partial charge in [0.1, 0.15) is 12.6 Å². The zero-order chi connectivity index (χ0) is 33.6. The van der Waals surface area contributed by atoms with Crippen LogP contribution in [0.4, 0.5) is 5.69 Å². The molecule has 0 fully saturated rings. The van der Waals surface area contributed by atoms with Crippen LogP contribution in [-0.2, 0) is 32.6 Å². The van der Waals surface area contributed by atoms with Crippen molar-refractivity contribution >= 4 is 55.1 Å². The molecule has 4 aromatic carbocycles. The zero-order valence-electron chi connectivity index (χ0n) is 26.6. The van der Waals surface area contributed by atoms with E-state index in [1.165, 1.54) is 17.0 Å². The van der Waals surface area contributed by atoms with Gasteiger partial charge in [-0.1, -0.05) is 93.8 Å². The van der Waals surface area contributed by atoms with Crippen LogP contribution in [0.15, 0.2) is 106 Å². The zero-order valence-corrected chi connectivity index (χ0v) is 29.8. The molecule has 4 aromatic rings. The summed E-state index contributed by atoms with van der Waals surface area (Å²) in [6, 6.07) is 27.4. The number of sulfonamides is 1. The average molecular weight is 725 g/mol. The molecule has 0 heterocycles. The number of halogens is 2. The Labute approximate surface area is 285 Å². The molecule has 0 aromatic heterocycles. The lowest BCUT2D eigenvalue weighted by Crippen LogP contribution is -2.56. The monoisotopic (exact) mass is 723 g/mol. The number of carbonyl (C=O) groups is 2. The first-order chi connectivity index (χ1) is 21.6. The standard InChI is InChI=1S/C36H39BrClN3O4S/c1-25-14-18-31(19-15-25)46(44,45)41(32-22-30(38)17-16-26(32)2)24-34(42)40(23-28-12-9-13-29(37)20-28)33(35(43)39-36(3,4)5)21-27-10-7-6-8-11-27/h6-20,22,33H,21,23-24H2,1-5H3,(H,39,43). The maximum absolute atomic E-state index is 14.6. The third-order valence-electron chi connectivity index (χ3n) is 7.34. The fraction of sp³-hybridized carbons (Fsp3) is 0.278. The van der Waals surface area contributed by atoms with Crippen molar-refractivity contribution < 1.29 is 18.0 Å². The fourth-order valence-corrected chi connectivity index (χ4v) is 7.12. The third kappa shape index (κ3) is 9.21. The summed E-state index contributed by atoms with van der Waals surface area (Å²) in [4.78, 5) is 30.2. The second-order valence-corrected chi connectivity index (χ2v) is 15.6. The number of nitrogens with zero attached hydrogens (tertiary/aromatic N) is 2. The van der Waals surface area contributed by atoms with Gasteiger partial charge >= 0.3 is 0 Å². The first-order valence-corrected chi connectivity index (χ1v) is 17.5. The van der Waals surface area contributed by atoms with Crippen molar-refractivity contribution in [2.75, 3.05) is 10.8 Å². The van der Waals surface area contributed by atoms with Gasteiger partial charge in [0.2, 0.25) is 11.8 Å². The van der Waals surface area contributed by atoms with Crippen molar-refractivity contribution in [3.05, 3.63) is 129 Å². The van der Waals surface area contributed by atoms with E-state index in [2.05, 4.69) is 21.2 Å². The molecule has 1 unspecified atom stereocenters. The molecule has 46 heavy (non-hydrogen) atoms. The first-order valence-electron chi connectivity index (χ1n) is 14.9. The maximum atomic E-state index is 14.6. The topological polar surface area (TPSA) is 86.8 Å². The van der Waals surface area contributed by atoms with Crippen LogP contribution in [0, 0.1) is 13.8 Å². The Bertz CT molecular complexity index is 1790. The van der Waals surface area contributed by atoms with Gasteiger partial charge in [-0.15, -0.1) is 0 Å². The molecule has 0 bridgehead atoms. The van der Waals surface area contributed by atoms with Crippen molar-refractivity contribution in [3.63, 3.8) is 0 Å². The quantitative estimate of drug-likeness (QED) is 0.174. The average Bonchev–Trinajstić information content (AvgIpc) is 2.98. The SMILES string of the molecule is Cc1ccc(S(=O)(=O)N(CC(=O)N(Cc2cccc(Br)c2)C(Cc2ccccc2)C(=O)NC(C)(C)C)c2cc(Cl)ccc2C)cc1. The molecule has 242 valence electrons. The van der Waals surface area contributed by atoms with Gasteiger partial charge in [0.05, 0.1) is 10.6 Å². The lowest BCUT2D eigenvalue weighted by molar-refractivity contribution is -0.140. The molecule has 0 saturated heterocycles. The Morgan fingerprint density at radius 3 is 2.15 bits per heavy atom. The molecule has 4 rings (SSSR count). The van der Waals surface area contributed by atoms with Crippen LogP contribution in [0.3, 0.4) is 0 Å². The van der Waals surface area contributed by atoms with E-state index in [-0.39, 0.29) is 29.5 Å². The van der Waals surface area contributed by atoms with E-state index in [0.717, 1.165) is 25.5 Å². The second-order valence-electron chi connectivity index (χ2n) is 12.4. The number of rotatable bonds is 11. The summed E-state index contributed by atoms with van der Waals surface area (Å²) in [5, 5.41) is 3.37. The highest BCUT2D eigenvalue weighted by molar-refractivity contribution is 9.10. The number of anilines is 1. The van der Waals surface area contributed by atoms with E-state index in [1.807, 2.05) is 82.3 Å². The lowest BCUT2D eigenvalue weighted by Gasteiger charge is -2.35.